The Bertz CT molecular complexity index is 579. The maximum Gasteiger partial charge on any atom is 0.293 e. The molecule has 1 aromatic carbocycles. The highest BCUT2D eigenvalue weighted by atomic mass is 16.6. The Morgan fingerprint density at radius 2 is 2.33 bits per heavy atom. The van der Waals surface area contributed by atoms with Crippen LogP contribution in [-0.4, -0.2) is 14.5 Å². The molecule has 0 aliphatic rings. The molecule has 7 heteroatoms. The number of benzene rings is 1. The second-order valence-corrected chi connectivity index (χ2v) is 3.86. The maximum absolute atomic E-state index is 10.8. The zero-order valence-corrected chi connectivity index (χ0v) is 9.83. The van der Waals surface area contributed by atoms with Gasteiger partial charge in [0.25, 0.3) is 5.69 Å². The number of nitrogens with one attached hydrogen (secondary N) is 1. The van der Waals surface area contributed by atoms with E-state index in [-0.39, 0.29) is 5.69 Å². The third kappa shape index (κ3) is 2.30. The number of aromatic nitrogens is 2. The highest BCUT2D eigenvalue weighted by Crippen LogP contribution is 2.24. The average molecular weight is 247 g/mol. The number of aryl methyl sites for hydroxylation is 1. The first kappa shape index (κ1) is 12.1. The standard InChI is InChI=1S/C11H13N5O2/c1-8-13-4-5-15(8)7-9-2-3-11(16(17)18)10(6-9)14-12/h2-6,14H,7,12H2,1H3. The number of nitro benzene ring substituents is 1. The van der Waals surface area contributed by atoms with Gasteiger partial charge in [-0.15, -0.1) is 0 Å². The minimum Gasteiger partial charge on any atom is -0.331 e. The molecular weight excluding hydrogens is 234 g/mol. The number of nitrogens with zero attached hydrogens (tertiary/aromatic N) is 3. The van der Waals surface area contributed by atoms with Crippen LogP contribution in [0.5, 0.6) is 0 Å². The Labute approximate surface area is 103 Å². The highest BCUT2D eigenvalue weighted by Gasteiger charge is 2.13. The summed E-state index contributed by atoms with van der Waals surface area (Å²) in [7, 11) is 0. The molecule has 0 saturated heterocycles. The number of hydrazine groups is 1. The van der Waals surface area contributed by atoms with Gasteiger partial charge in [-0.2, -0.15) is 0 Å². The van der Waals surface area contributed by atoms with Gasteiger partial charge in [-0.1, -0.05) is 6.07 Å². The quantitative estimate of drug-likeness (QED) is 0.483. The van der Waals surface area contributed by atoms with Crippen LogP contribution in [0.2, 0.25) is 0 Å². The van der Waals surface area contributed by atoms with Crippen molar-refractivity contribution in [1.29, 1.82) is 0 Å². The van der Waals surface area contributed by atoms with E-state index in [1.165, 1.54) is 6.07 Å². The fourth-order valence-corrected chi connectivity index (χ4v) is 1.72. The first-order chi connectivity index (χ1) is 8.61. The predicted octanol–water partition coefficient (Wildman–Crippen LogP) is 1.43. The molecule has 1 aromatic heterocycles. The molecule has 1 heterocycles. The van der Waals surface area contributed by atoms with Crippen molar-refractivity contribution in [1.82, 2.24) is 9.55 Å². The first-order valence-electron chi connectivity index (χ1n) is 5.33. The molecular formula is C11H13N5O2. The van der Waals surface area contributed by atoms with E-state index in [2.05, 4.69) is 10.4 Å². The molecule has 0 fully saturated rings. The lowest BCUT2D eigenvalue weighted by molar-refractivity contribution is -0.384. The van der Waals surface area contributed by atoms with Gasteiger partial charge in [-0.05, 0) is 18.6 Å². The van der Waals surface area contributed by atoms with Crippen LogP contribution in [0.4, 0.5) is 11.4 Å². The molecule has 0 bridgehead atoms. The minimum absolute atomic E-state index is 0.0383. The van der Waals surface area contributed by atoms with E-state index < -0.39 is 4.92 Å². The summed E-state index contributed by atoms with van der Waals surface area (Å²) in [5, 5.41) is 10.8. The Balaban J connectivity index is 2.30. The van der Waals surface area contributed by atoms with Gasteiger partial charge in [0.15, 0.2) is 0 Å². The number of nitrogens with two attached hydrogens (primary N) is 1. The van der Waals surface area contributed by atoms with E-state index in [1.54, 1.807) is 18.3 Å². The molecule has 0 radical (unpaired) electrons. The normalized spacial score (nSPS) is 10.3. The molecule has 94 valence electrons. The van der Waals surface area contributed by atoms with Gasteiger partial charge >= 0.3 is 0 Å². The molecule has 3 N–H and O–H groups in total. The van der Waals surface area contributed by atoms with E-state index >= 15 is 0 Å². The van der Waals surface area contributed by atoms with Crippen molar-refractivity contribution in [2.45, 2.75) is 13.5 Å². The zero-order valence-electron chi connectivity index (χ0n) is 9.83. The summed E-state index contributed by atoms with van der Waals surface area (Å²) >= 11 is 0. The van der Waals surface area contributed by atoms with Crippen LogP contribution in [0.3, 0.4) is 0 Å². The Morgan fingerprint density at radius 3 is 2.89 bits per heavy atom. The molecule has 2 rings (SSSR count). The van der Waals surface area contributed by atoms with E-state index in [1.807, 2.05) is 17.7 Å². The SMILES string of the molecule is Cc1nccn1Cc1ccc([N+](=O)[O-])c(NN)c1. The van der Waals surface area contributed by atoms with Crippen LogP contribution in [-0.2, 0) is 6.54 Å². The number of hydrogen-bond acceptors (Lipinski definition) is 5. The summed E-state index contributed by atoms with van der Waals surface area (Å²) in [5.74, 6) is 6.17. The summed E-state index contributed by atoms with van der Waals surface area (Å²) < 4.78 is 1.95. The van der Waals surface area contributed by atoms with Gasteiger partial charge in [-0.25, -0.2) is 4.98 Å². The molecule has 0 unspecified atom stereocenters. The number of rotatable bonds is 4. The molecule has 0 atom stereocenters. The third-order valence-corrected chi connectivity index (χ3v) is 2.69. The number of nitrogen functional groups attached to an aromatic ring is 1. The molecule has 18 heavy (non-hydrogen) atoms. The van der Waals surface area contributed by atoms with Gasteiger partial charge in [-0.3, -0.25) is 16.0 Å². The molecule has 0 saturated carbocycles. The Hall–Kier alpha value is -2.41. The number of anilines is 1. The minimum atomic E-state index is -0.471. The molecule has 2 aromatic rings. The average Bonchev–Trinajstić information content (AvgIpc) is 2.74. The van der Waals surface area contributed by atoms with Crippen LogP contribution in [0.1, 0.15) is 11.4 Å². The van der Waals surface area contributed by atoms with Crippen LogP contribution in [0, 0.1) is 17.0 Å². The molecule has 0 aliphatic carbocycles. The number of imidazole rings is 1. The zero-order chi connectivity index (χ0) is 13.1. The lowest BCUT2D eigenvalue weighted by atomic mass is 10.1. The Morgan fingerprint density at radius 1 is 1.56 bits per heavy atom. The van der Waals surface area contributed by atoms with E-state index in [0.717, 1.165) is 11.4 Å². The van der Waals surface area contributed by atoms with Crippen molar-refractivity contribution in [2.75, 3.05) is 5.43 Å². The van der Waals surface area contributed by atoms with E-state index in [9.17, 15) is 10.1 Å². The van der Waals surface area contributed by atoms with Gasteiger partial charge in [0.2, 0.25) is 0 Å². The molecule has 7 nitrogen and oxygen atoms in total. The lowest BCUT2D eigenvalue weighted by Gasteiger charge is -2.07. The van der Waals surface area contributed by atoms with Crippen LogP contribution in [0.15, 0.2) is 30.6 Å². The van der Waals surface area contributed by atoms with Crippen molar-refractivity contribution in [3.63, 3.8) is 0 Å². The molecule has 0 spiro atoms. The number of nitro groups is 1. The van der Waals surface area contributed by atoms with Crippen molar-refractivity contribution in [3.05, 3.63) is 52.1 Å². The highest BCUT2D eigenvalue weighted by molar-refractivity contribution is 5.62. The summed E-state index contributed by atoms with van der Waals surface area (Å²) in [6, 6.07) is 4.81. The fraction of sp³-hybridized carbons (Fsp3) is 0.182. The lowest BCUT2D eigenvalue weighted by Crippen LogP contribution is -2.10. The van der Waals surface area contributed by atoms with E-state index in [4.69, 9.17) is 5.84 Å². The smallest absolute Gasteiger partial charge is 0.293 e. The monoisotopic (exact) mass is 247 g/mol. The van der Waals surface area contributed by atoms with Gasteiger partial charge in [0, 0.05) is 25.0 Å². The van der Waals surface area contributed by atoms with Crippen LogP contribution in [0.25, 0.3) is 0 Å². The van der Waals surface area contributed by atoms with E-state index in [0.29, 0.717) is 12.2 Å². The van der Waals surface area contributed by atoms with Crippen molar-refractivity contribution in [3.8, 4) is 0 Å². The van der Waals surface area contributed by atoms with Gasteiger partial charge < -0.3 is 9.99 Å². The fourth-order valence-electron chi connectivity index (χ4n) is 1.72. The van der Waals surface area contributed by atoms with Gasteiger partial charge in [0.1, 0.15) is 11.5 Å². The largest absolute Gasteiger partial charge is 0.331 e. The second-order valence-electron chi connectivity index (χ2n) is 3.86. The number of hydrogen-bond donors (Lipinski definition) is 2. The molecule has 0 aliphatic heterocycles. The van der Waals surface area contributed by atoms with Crippen LogP contribution < -0.4 is 11.3 Å². The third-order valence-electron chi connectivity index (χ3n) is 2.69. The Kier molecular flexibility index (Phi) is 3.24. The first-order valence-corrected chi connectivity index (χ1v) is 5.33. The second kappa shape index (κ2) is 4.84. The predicted molar refractivity (Wildman–Crippen MR) is 67.0 cm³/mol. The summed E-state index contributed by atoms with van der Waals surface area (Å²) in [6.45, 7) is 2.49. The van der Waals surface area contributed by atoms with Crippen molar-refractivity contribution < 1.29 is 4.92 Å². The maximum atomic E-state index is 10.8. The van der Waals surface area contributed by atoms with Crippen molar-refractivity contribution >= 4 is 11.4 Å². The van der Waals surface area contributed by atoms with Crippen LogP contribution >= 0.6 is 0 Å². The van der Waals surface area contributed by atoms with Crippen molar-refractivity contribution in [2.24, 2.45) is 5.84 Å². The summed E-state index contributed by atoms with van der Waals surface area (Å²) in [5.41, 5.74) is 3.52. The topological polar surface area (TPSA) is 99.0 Å². The molecule has 0 amide bonds. The van der Waals surface area contributed by atoms with Gasteiger partial charge in [0.05, 0.1) is 4.92 Å². The summed E-state index contributed by atoms with van der Waals surface area (Å²) in [6.07, 6.45) is 3.56. The summed E-state index contributed by atoms with van der Waals surface area (Å²) in [4.78, 5) is 14.4.